The number of hydrogen-bond acceptors (Lipinski definition) is 5. The van der Waals surface area contributed by atoms with Gasteiger partial charge in [-0.05, 0) is 18.2 Å². The summed E-state index contributed by atoms with van der Waals surface area (Å²) in [5.74, 6) is -1.09. The molecule has 6 nitrogen and oxygen atoms in total. The summed E-state index contributed by atoms with van der Waals surface area (Å²) in [5.41, 5.74) is -0.547. The number of hydrogen-bond donors (Lipinski definition) is 0. The Bertz CT molecular complexity index is 677. The fraction of sp³-hybridized carbons (Fsp3) is 0.0769. The van der Waals surface area contributed by atoms with Gasteiger partial charge in [0.2, 0.25) is 0 Å². The zero-order valence-corrected chi connectivity index (χ0v) is 10.4. The number of pyridine rings is 1. The Morgan fingerprint density at radius 1 is 1.24 bits per heavy atom. The Kier molecular flexibility index (Phi) is 4.17. The van der Waals surface area contributed by atoms with E-state index in [4.69, 9.17) is 0 Å². The Hall–Kier alpha value is -2.90. The third kappa shape index (κ3) is 3.35. The molecule has 0 N–H and O–H groups in total. The average molecular weight is 294 g/mol. The number of halogens is 2. The van der Waals surface area contributed by atoms with Crippen molar-refractivity contribution in [2.75, 3.05) is 0 Å². The molecule has 21 heavy (non-hydrogen) atoms. The third-order valence-corrected chi connectivity index (χ3v) is 2.58. The average Bonchev–Trinajstić information content (AvgIpc) is 2.47. The van der Waals surface area contributed by atoms with Gasteiger partial charge in [-0.2, -0.15) is 8.78 Å². The van der Waals surface area contributed by atoms with Crippen molar-refractivity contribution in [1.29, 1.82) is 0 Å². The third-order valence-electron chi connectivity index (χ3n) is 2.58. The minimum Gasteiger partial charge on any atom is -0.434 e. The minimum absolute atomic E-state index is 0.157. The molecule has 1 heterocycles. The van der Waals surface area contributed by atoms with E-state index in [2.05, 4.69) is 9.72 Å². The van der Waals surface area contributed by atoms with Gasteiger partial charge in [0.15, 0.2) is 5.78 Å². The lowest BCUT2D eigenvalue weighted by molar-refractivity contribution is -0.384. The van der Waals surface area contributed by atoms with Crippen LogP contribution in [0.1, 0.15) is 15.9 Å². The maximum atomic E-state index is 12.3. The number of nitro groups is 1. The maximum Gasteiger partial charge on any atom is 0.387 e. The monoisotopic (exact) mass is 294 g/mol. The highest BCUT2D eigenvalue weighted by Crippen LogP contribution is 2.27. The fourth-order valence-corrected chi connectivity index (χ4v) is 1.67. The Morgan fingerprint density at radius 3 is 2.48 bits per heavy atom. The zero-order valence-electron chi connectivity index (χ0n) is 10.4. The van der Waals surface area contributed by atoms with Crippen molar-refractivity contribution in [3.05, 3.63) is 64.0 Å². The molecule has 0 aliphatic rings. The topological polar surface area (TPSA) is 82.3 Å². The van der Waals surface area contributed by atoms with Crippen LogP contribution in [0, 0.1) is 10.1 Å². The molecule has 8 heteroatoms. The van der Waals surface area contributed by atoms with Gasteiger partial charge in [0.1, 0.15) is 5.75 Å². The number of nitro benzene ring substituents is 1. The molecule has 0 aliphatic heterocycles. The maximum absolute atomic E-state index is 12.3. The van der Waals surface area contributed by atoms with Gasteiger partial charge in [0.05, 0.1) is 10.5 Å². The summed E-state index contributed by atoms with van der Waals surface area (Å²) in [6.07, 6.45) is 2.69. The lowest BCUT2D eigenvalue weighted by Crippen LogP contribution is -2.09. The highest BCUT2D eigenvalue weighted by molar-refractivity contribution is 6.11. The molecule has 0 saturated heterocycles. The first kappa shape index (κ1) is 14.5. The molecule has 0 radical (unpaired) electrons. The van der Waals surface area contributed by atoms with Gasteiger partial charge in [-0.3, -0.25) is 19.9 Å². The summed E-state index contributed by atoms with van der Waals surface area (Å²) >= 11 is 0. The van der Waals surface area contributed by atoms with Gasteiger partial charge in [0, 0.05) is 30.1 Å². The van der Waals surface area contributed by atoms with Crippen LogP contribution in [0.25, 0.3) is 0 Å². The van der Waals surface area contributed by atoms with Crippen LogP contribution in [0.4, 0.5) is 14.5 Å². The molecule has 1 aromatic carbocycles. The van der Waals surface area contributed by atoms with Crippen LogP contribution in [0.15, 0.2) is 42.7 Å². The smallest absolute Gasteiger partial charge is 0.387 e. The standard InChI is InChI=1S/C13H8F2N2O4/c14-13(15)21-11-2-1-9(17(19)20)7-10(11)12(18)8-3-5-16-6-4-8/h1-7,13H. The van der Waals surface area contributed by atoms with Crippen LogP contribution < -0.4 is 4.74 Å². The highest BCUT2D eigenvalue weighted by atomic mass is 19.3. The van der Waals surface area contributed by atoms with Crippen LogP contribution in [0.3, 0.4) is 0 Å². The van der Waals surface area contributed by atoms with Crippen LogP contribution in [0.5, 0.6) is 5.75 Å². The van der Waals surface area contributed by atoms with Gasteiger partial charge in [-0.25, -0.2) is 0 Å². The Balaban J connectivity index is 2.50. The number of non-ortho nitro benzene ring substituents is 1. The number of ether oxygens (including phenoxy) is 1. The van der Waals surface area contributed by atoms with Crippen molar-refractivity contribution in [1.82, 2.24) is 4.98 Å². The predicted octanol–water partition coefficient (Wildman–Crippen LogP) is 2.82. The largest absolute Gasteiger partial charge is 0.434 e. The van der Waals surface area contributed by atoms with Crippen molar-refractivity contribution < 1.29 is 23.2 Å². The van der Waals surface area contributed by atoms with Crippen LogP contribution in [0.2, 0.25) is 0 Å². The predicted molar refractivity (Wildman–Crippen MR) is 67.4 cm³/mol. The molecule has 2 rings (SSSR count). The fourth-order valence-electron chi connectivity index (χ4n) is 1.67. The van der Waals surface area contributed by atoms with Crippen molar-refractivity contribution in [3.63, 3.8) is 0 Å². The van der Waals surface area contributed by atoms with E-state index in [1.807, 2.05) is 0 Å². The second-order valence-electron chi connectivity index (χ2n) is 3.88. The summed E-state index contributed by atoms with van der Waals surface area (Å²) in [7, 11) is 0. The van der Waals surface area contributed by atoms with E-state index in [1.165, 1.54) is 24.5 Å². The van der Waals surface area contributed by atoms with Crippen LogP contribution >= 0.6 is 0 Å². The molecule has 0 unspecified atom stereocenters. The van der Waals surface area contributed by atoms with Crippen molar-refractivity contribution >= 4 is 11.5 Å². The molecule has 108 valence electrons. The van der Waals surface area contributed by atoms with Gasteiger partial charge >= 0.3 is 6.61 Å². The molecule has 1 aromatic heterocycles. The quantitative estimate of drug-likeness (QED) is 0.481. The van der Waals surface area contributed by atoms with Crippen molar-refractivity contribution in [2.45, 2.75) is 6.61 Å². The molecule has 0 atom stereocenters. The van der Waals surface area contributed by atoms with E-state index < -0.39 is 28.8 Å². The zero-order chi connectivity index (χ0) is 15.4. The number of aromatic nitrogens is 1. The summed E-state index contributed by atoms with van der Waals surface area (Å²) in [6.45, 7) is -3.14. The molecule has 0 aliphatic carbocycles. The first-order valence-corrected chi connectivity index (χ1v) is 5.67. The molecule has 0 bridgehead atoms. The number of alkyl halides is 2. The van der Waals surface area contributed by atoms with E-state index in [-0.39, 0.29) is 11.1 Å². The van der Waals surface area contributed by atoms with Gasteiger partial charge in [0.25, 0.3) is 5.69 Å². The number of carbonyl (C=O) groups excluding carboxylic acids is 1. The van der Waals surface area contributed by atoms with Gasteiger partial charge < -0.3 is 4.74 Å². The van der Waals surface area contributed by atoms with Gasteiger partial charge in [-0.15, -0.1) is 0 Å². The molecule has 0 amide bonds. The second-order valence-corrected chi connectivity index (χ2v) is 3.88. The molecule has 2 aromatic rings. The number of ketones is 1. The molecule has 0 fully saturated rings. The number of nitrogens with zero attached hydrogens (tertiary/aromatic N) is 2. The van der Waals surface area contributed by atoms with E-state index in [1.54, 1.807) is 0 Å². The summed E-state index contributed by atoms with van der Waals surface area (Å²) in [5, 5.41) is 10.7. The summed E-state index contributed by atoms with van der Waals surface area (Å²) in [6, 6.07) is 5.60. The number of benzene rings is 1. The van der Waals surface area contributed by atoms with E-state index in [0.29, 0.717) is 0 Å². The minimum atomic E-state index is -3.14. The van der Waals surface area contributed by atoms with E-state index >= 15 is 0 Å². The SMILES string of the molecule is O=C(c1ccncc1)c1cc([N+](=O)[O-])ccc1OC(F)F. The van der Waals surface area contributed by atoms with Crippen molar-refractivity contribution in [3.8, 4) is 5.75 Å². The highest BCUT2D eigenvalue weighted by Gasteiger charge is 2.21. The van der Waals surface area contributed by atoms with Crippen LogP contribution in [-0.2, 0) is 0 Å². The molecule has 0 spiro atoms. The lowest BCUT2D eigenvalue weighted by atomic mass is 10.0. The summed E-state index contributed by atoms with van der Waals surface area (Å²) < 4.78 is 28.9. The first-order valence-electron chi connectivity index (χ1n) is 5.67. The Morgan fingerprint density at radius 2 is 1.90 bits per heavy atom. The normalized spacial score (nSPS) is 10.4. The van der Waals surface area contributed by atoms with Crippen molar-refractivity contribution in [2.24, 2.45) is 0 Å². The number of carbonyl (C=O) groups is 1. The number of rotatable bonds is 5. The molecular weight excluding hydrogens is 286 g/mol. The van der Waals surface area contributed by atoms with E-state index in [9.17, 15) is 23.7 Å². The molecular formula is C13H8F2N2O4. The second kappa shape index (κ2) is 6.04. The first-order chi connectivity index (χ1) is 9.99. The van der Waals surface area contributed by atoms with E-state index in [0.717, 1.165) is 18.2 Å². The summed E-state index contributed by atoms with van der Waals surface area (Å²) in [4.78, 5) is 26.0. The van der Waals surface area contributed by atoms with Gasteiger partial charge in [-0.1, -0.05) is 0 Å². The lowest BCUT2D eigenvalue weighted by Gasteiger charge is -2.09. The van der Waals surface area contributed by atoms with Crippen LogP contribution in [-0.4, -0.2) is 22.3 Å². The Labute approximate surface area is 117 Å². The molecule has 0 saturated carbocycles.